The second kappa shape index (κ2) is 9.24. The van der Waals surface area contributed by atoms with Crippen LogP contribution in [0.5, 0.6) is 0 Å². The maximum atomic E-state index is 13.5. The molecule has 2 aliphatic rings. The number of fused-ring (bicyclic) bond motifs is 2. The Hall–Kier alpha value is -2.40. The van der Waals surface area contributed by atoms with E-state index in [-0.39, 0.29) is 34.0 Å². The van der Waals surface area contributed by atoms with Gasteiger partial charge in [-0.1, -0.05) is 11.6 Å². The average molecular weight is 528 g/mol. The van der Waals surface area contributed by atoms with Gasteiger partial charge in [0, 0.05) is 17.3 Å². The Morgan fingerprint density at radius 3 is 2.29 bits per heavy atom. The van der Waals surface area contributed by atoms with Gasteiger partial charge >= 0.3 is 0 Å². The standard InChI is InChI=1S/C24H24ClF2NO6S/c1-12(29)22(30)24(32)14-3-4-15(24)10-17(9-14)35(33,34)21-8-13(2-6-18(21)25)23(31)28-16-5-7-19(26)20(27)11-16/h2,5-8,11,14-15,17,22,30,32H,3-4,9-10H2,1H3,(H,28,31)/t14-,15?,17?,22?,24?/m0/s1. The van der Waals surface area contributed by atoms with E-state index >= 15 is 0 Å². The van der Waals surface area contributed by atoms with Crippen LogP contribution >= 0.6 is 11.6 Å². The zero-order valence-corrected chi connectivity index (χ0v) is 20.2. The fourth-order valence-electron chi connectivity index (χ4n) is 5.39. The fourth-order valence-corrected chi connectivity index (χ4v) is 7.79. The number of amides is 1. The van der Waals surface area contributed by atoms with Gasteiger partial charge in [-0.25, -0.2) is 17.2 Å². The minimum atomic E-state index is -4.06. The number of anilines is 1. The van der Waals surface area contributed by atoms with Crippen LogP contribution in [0.15, 0.2) is 41.3 Å². The predicted octanol–water partition coefficient (Wildman–Crippen LogP) is 3.51. The van der Waals surface area contributed by atoms with E-state index in [0.717, 1.165) is 24.3 Å². The number of aliphatic hydroxyl groups is 2. The number of carbonyl (C=O) groups excluding carboxylic acids is 2. The number of aliphatic hydroxyl groups excluding tert-OH is 1. The summed E-state index contributed by atoms with van der Waals surface area (Å²) >= 11 is 6.20. The normalized spacial score (nSPS) is 26.9. The molecule has 2 aliphatic carbocycles. The van der Waals surface area contributed by atoms with Gasteiger partial charge in [0.1, 0.15) is 11.7 Å². The zero-order valence-electron chi connectivity index (χ0n) is 18.7. The molecule has 0 aromatic heterocycles. The lowest BCUT2D eigenvalue weighted by Gasteiger charge is -2.44. The van der Waals surface area contributed by atoms with Gasteiger partial charge in [0.2, 0.25) is 0 Å². The molecule has 0 aliphatic heterocycles. The van der Waals surface area contributed by atoms with Gasteiger partial charge in [-0.05, 0) is 74.8 Å². The van der Waals surface area contributed by atoms with Crippen molar-refractivity contribution in [3.05, 3.63) is 58.6 Å². The van der Waals surface area contributed by atoms with Gasteiger partial charge < -0.3 is 15.5 Å². The minimum absolute atomic E-state index is 0.0135. The number of rotatable bonds is 6. The summed E-state index contributed by atoms with van der Waals surface area (Å²) in [6.45, 7) is 1.18. The Bertz CT molecular complexity index is 1290. The Labute approximate surface area is 206 Å². The quantitative estimate of drug-likeness (QED) is 0.528. The molecule has 35 heavy (non-hydrogen) atoms. The van der Waals surface area contributed by atoms with Gasteiger partial charge in [-0.3, -0.25) is 9.59 Å². The number of benzene rings is 2. The van der Waals surface area contributed by atoms with Crippen LogP contribution in [0.4, 0.5) is 14.5 Å². The molecule has 0 radical (unpaired) electrons. The third-order valence-electron chi connectivity index (χ3n) is 7.21. The number of carbonyl (C=O) groups is 2. The Morgan fingerprint density at radius 1 is 1.09 bits per heavy atom. The molecule has 2 fully saturated rings. The molecule has 4 unspecified atom stereocenters. The molecule has 0 spiro atoms. The molecule has 0 saturated heterocycles. The van der Waals surface area contributed by atoms with E-state index in [1.807, 2.05) is 0 Å². The fraction of sp³-hybridized carbons (Fsp3) is 0.417. The molecule has 7 nitrogen and oxygen atoms in total. The first-order valence-corrected chi connectivity index (χ1v) is 13.0. The number of nitrogens with one attached hydrogen (secondary N) is 1. The van der Waals surface area contributed by atoms with Gasteiger partial charge in [-0.15, -0.1) is 0 Å². The largest absolute Gasteiger partial charge is 0.386 e. The van der Waals surface area contributed by atoms with Crippen molar-refractivity contribution in [2.24, 2.45) is 11.8 Å². The molecular weight excluding hydrogens is 504 g/mol. The minimum Gasteiger partial charge on any atom is -0.386 e. The number of hydrogen-bond donors (Lipinski definition) is 3. The third-order valence-corrected chi connectivity index (χ3v) is 9.86. The first-order chi connectivity index (χ1) is 16.4. The molecule has 0 heterocycles. The average Bonchev–Trinajstić information content (AvgIpc) is 2.97. The van der Waals surface area contributed by atoms with Crippen molar-refractivity contribution in [3.8, 4) is 0 Å². The first-order valence-electron chi connectivity index (χ1n) is 11.1. The number of Topliss-reactive ketones (excluding diaryl/α,β-unsaturated/α-hetero) is 1. The molecule has 2 aromatic carbocycles. The molecule has 2 aromatic rings. The van der Waals surface area contributed by atoms with E-state index in [9.17, 15) is 37.0 Å². The molecule has 11 heteroatoms. The summed E-state index contributed by atoms with van der Waals surface area (Å²) in [6, 6.07) is 6.52. The summed E-state index contributed by atoms with van der Waals surface area (Å²) in [5.41, 5.74) is -1.74. The second-order valence-electron chi connectivity index (χ2n) is 9.24. The van der Waals surface area contributed by atoms with Crippen molar-refractivity contribution in [1.82, 2.24) is 0 Å². The molecule has 1 amide bonds. The Kier molecular flexibility index (Phi) is 6.78. The van der Waals surface area contributed by atoms with Crippen molar-refractivity contribution in [3.63, 3.8) is 0 Å². The van der Waals surface area contributed by atoms with Gasteiger partial charge in [0.15, 0.2) is 27.3 Å². The smallest absolute Gasteiger partial charge is 0.255 e. The lowest BCUT2D eigenvalue weighted by atomic mass is 9.70. The van der Waals surface area contributed by atoms with E-state index in [4.69, 9.17) is 11.6 Å². The number of hydrogen-bond acceptors (Lipinski definition) is 6. The van der Waals surface area contributed by atoms with Crippen molar-refractivity contribution in [1.29, 1.82) is 0 Å². The monoisotopic (exact) mass is 527 g/mol. The molecule has 4 rings (SSSR count). The van der Waals surface area contributed by atoms with E-state index in [0.29, 0.717) is 12.8 Å². The summed E-state index contributed by atoms with van der Waals surface area (Å²) in [4.78, 5) is 24.1. The summed E-state index contributed by atoms with van der Waals surface area (Å²) < 4.78 is 53.7. The van der Waals surface area contributed by atoms with E-state index in [1.165, 1.54) is 19.1 Å². The van der Waals surface area contributed by atoms with Crippen LogP contribution in [0, 0.1) is 23.5 Å². The number of sulfone groups is 1. The lowest BCUT2D eigenvalue weighted by Crippen LogP contribution is -2.57. The summed E-state index contributed by atoms with van der Waals surface area (Å²) in [7, 11) is -4.06. The van der Waals surface area contributed by atoms with E-state index in [2.05, 4.69) is 5.32 Å². The summed E-state index contributed by atoms with van der Waals surface area (Å²) in [5, 5.41) is 22.8. The molecular formula is C24H24ClF2NO6S. The molecule has 188 valence electrons. The highest BCUT2D eigenvalue weighted by atomic mass is 35.5. The van der Waals surface area contributed by atoms with Crippen LogP contribution in [-0.2, 0) is 14.6 Å². The lowest BCUT2D eigenvalue weighted by molar-refractivity contribution is -0.162. The second-order valence-corrected chi connectivity index (χ2v) is 11.8. The SMILES string of the molecule is CC(=O)C(O)C1(O)C2CC[C@H]1CC(S(=O)(=O)c1cc(C(=O)Nc3ccc(F)c(F)c3)ccc1Cl)C2. The predicted molar refractivity (Wildman–Crippen MR) is 124 cm³/mol. The molecule has 3 N–H and O–H groups in total. The van der Waals surface area contributed by atoms with Crippen LogP contribution < -0.4 is 5.32 Å². The molecule has 2 bridgehead atoms. The highest BCUT2D eigenvalue weighted by Crippen LogP contribution is 2.53. The van der Waals surface area contributed by atoms with Crippen LogP contribution in [0.1, 0.15) is 43.0 Å². The maximum absolute atomic E-state index is 13.5. The van der Waals surface area contributed by atoms with Crippen molar-refractivity contribution >= 4 is 38.8 Å². The highest BCUT2D eigenvalue weighted by molar-refractivity contribution is 7.92. The van der Waals surface area contributed by atoms with Gasteiger partial charge in [-0.2, -0.15) is 0 Å². The van der Waals surface area contributed by atoms with Crippen LogP contribution in [0.2, 0.25) is 5.02 Å². The first kappa shape index (κ1) is 25.7. The zero-order chi connectivity index (χ0) is 25.7. The molecule has 2 saturated carbocycles. The third kappa shape index (κ3) is 4.48. The summed E-state index contributed by atoms with van der Waals surface area (Å²) in [6.07, 6.45) is -0.581. The Balaban J connectivity index is 1.59. The summed E-state index contributed by atoms with van der Waals surface area (Å²) in [5.74, 6) is -4.71. The van der Waals surface area contributed by atoms with Crippen molar-refractivity contribution in [2.45, 2.75) is 54.5 Å². The van der Waals surface area contributed by atoms with Gasteiger partial charge in [0.25, 0.3) is 5.91 Å². The van der Waals surface area contributed by atoms with Crippen LogP contribution in [0.25, 0.3) is 0 Å². The van der Waals surface area contributed by atoms with E-state index < -0.39 is 62.0 Å². The van der Waals surface area contributed by atoms with Crippen molar-refractivity contribution in [2.75, 3.05) is 5.32 Å². The van der Waals surface area contributed by atoms with Gasteiger partial charge in [0.05, 0.1) is 15.2 Å². The number of ketones is 1. The van der Waals surface area contributed by atoms with Crippen molar-refractivity contribution < 1.29 is 37.0 Å². The topological polar surface area (TPSA) is 121 Å². The Morgan fingerprint density at radius 2 is 1.71 bits per heavy atom. The maximum Gasteiger partial charge on any atom is 0.255 e. The number of halogens is 3. The van der Waals surface area contributed by atoms with Crippen LogP contribution in [-0.4, -0.2) is 47.3 Å². The molecule has 5 atom stereocenters. The highest BCUT2D eigenvalue weighted by Gasteiger charge is 2.60. The van der Waals surface area contributed by atoms with Crippen LogP contribution in [0.3, 0.4) is 0 Å². The van der Waals surface area contributed by atoms with E-state index in [1.54, 1.807) is 0 Å².